The van der Waals surface area contributed by atoms with Gasteiger partial charge in [-0.1, -0.05) is 12.1 Å². The summed E-state index contributed by atoms with van der Waals surface area (Å²) in [5, 5.41) is 2.48. The van der Waals surface area contributed by atoms with Crippen LogP contribution in [-0.4, -0.2) is 24.8 Å². The van der Waals surface area contributed by atoms with Crippen LogP contribution in [0.2, 0.25) is 0 Å². The predicted molar refractivity (Wildman–Crippen MR) is 75.0 cm³/mol. The maximum atomic E-state index is 11.8. The lowest BCUT2D eigenvalue weighted by atomic mass is 10.1. The lowest BCUT2D eigenvalue weighted by Crippen LogP contribution is -2.38. The molecule has 1 unspecified atom stereocenters. The van der Waals surface area contributed by atoms with Crippen LogP contribution in [0.5, 0.6) is 0 Å². The maximum absolute atomic E-state index is 11.8. The van der Waals surface area contributed by atoms with Crippen molar-refractivity contribution in [3.63, 3.8) is 0 Å². The summed E-state index contributed by atoms with van der Waals surface area (Å²) < 4.78 is 9.81. The van der Waals surface area contributed by atoms with Gasteiger partial charge in [0.05, 0.1) is 7.11 Å². The number of nitrogens with one attached hydrogen (secondary N) is 1. The van der Waals surface area contributed by atoms with Crippen LogP contribution in [0, 0.1) is 0 Å². The molecule has 1 aromatic carbocycles. The van der Waals surface area contributed by atoms with E-state index in [4.69, 9.17) is 10.5 Å². The number of amides is 1. The topological polar surface area (TPSA) is 90.6 Å². The fourth-order valence-electron chi connectivity index (χ4n) is 1.56. The SMILES string of the molecule is COC(=O)C(NC(=O)OC(C)(C)C)c1cccc(N)c1. The Morgan fingerprint density at radius 1 is 1.30 bits per heavy atom. The molecular weight excluding hydrogens is 260 g/mol. The summed E-state index contributed by atoms with van der Waals surface area (Å²) in [5.41, 5.74) is 6.04. The minimum absolute atomic E-state index is 0.488. The third kappa shape index (κ3) is 4.79. The second kappa shape index (κ2) is 6.27. The number of esters is 1. The molecule has 1 rings (SSSR count). The van der Waals surface area contributed by atoms with Gasteiger partial charge in [0.1, 0.15) is 5.60 Å². The van der Waals surface area contributed by atoms with E-state index in [0.717, 1.165) is 0 Å². The Morgan fingerprint density at radius 3 is 2.45 bits per heavy atom. The smallest absolute Gasteiger partial charge is 0.408 e. The number of benzene rings is 1. The molecule has 110 valence electrons. The van der Waals surface area contributed by atoms with Crippen molar-refractivity contribution in [3.05, 3.63) is 29.8 Å². The van der Waals surface area contributed by atoms with E-state index in [-0.39, 0.29) is 0 Å². The van der Waals surface area contributed by atoms with Gasteiger partial charge >= 0.3 is 12.1 Å². The summed E-state index contributed by atoms with van der Waals surface area (Å²) in [6, 6.07) is 5.69. The number of anilines is 1. The highest BCUT2D eigenvalue weighted by molar-refractivity contribution is 5.83. The quantitative estimate of drug-likeness (QED) is 0.653. The molecule has 0 aliphatic rings. The summed E-state index contributed by atoms with van der Waals surface area (Å²) in [7, 11) is 1.25. The average molecular weight is 280 g/mol. The second-order valence-corrected chi connectivity index (χ2v) is 5.27. The zero-order valence-electron chi connectivity index (χ0n) is 12.1. The molecule has 0 aliphatic heterocycles. The largest absolute Gasteiger partial charge is 0.467 e. The predicted octanol–water partition coefficient (Wildman–Crippen LogP) is 2.01. The van der Waals surface area contributed by atoms with Crippen LogP contribution < -0.4 is 11.1 Å². The second-order valence-electron chi connectivity index (χ2n) is 5.27. The molecule has 0 saturated heterocycles. The van der Waals surface area contributed by atoms with Gasteiger partial charge in [0, 0.05) is 5.69 Å². The van der Waals surface area contributed by atoms with Gasteiger partial charge in [0.25, 0.3) is 0 Å². The number of alkyl carbamates (subject to hydrolysis) is 1. The van der Waals surface area contributed by atoms with Crippen molar-refractivity contribution in [3.8, 4) is 0 Å². The van der Waals surface area contributed by atoms with Crippen LogP contribution in [0.25, 0.3) is 0 Å². The number of ether oxygens (including phenoxy) is 2. The van der Waals surface area contributed by atoms with Crippen LogP contribution in [0.15, 0.2) is 24.3 Å². The van der Waals surface area contributed by atoms with E-state index in [2.05, 4.69) is 10.1 Å². The fourth-order valence-corrected chi connectivity index (χ4v) is 1.56. The maximum Gasteiger partial charge on any atom is 0.408 e. The molecule has 1 atom stereocenters. The van der Waals surface area contributed by atoms with E-state index in [1.54, 1.807) is 45.0 Å². The van der Waals surface area contributed by atoms with Crippen molar-refractivity contribution >= 4 is 17.7 Å². The molecule has 1 aromatic rings. The molecule has 0 radical (unpaired) electrons. The van der Waals surface area contributed by atoms with Gasteiger partial charge in [0.2, 0.25) is 0 Å². The molecule has 20 heavy (non-hydrogen) atoms. The van der Waals surface area contributed by atoms with E-state index in [0.29, 0.717) is 11.3 Å². The van der Waals surface area contributed by atoms with E-state index in [1.807, 2.05) is 0 Å². The molecule has 0 bridgehead atoms. The van der Waals surface area contributed by atoms with Crippen molar-refractivity contribution in [2.45, 2.75) is 32.4 Å². The van der Waals surface area contributed by atoms with Gasteiger partial charge in [-0.05, 0) is 38.5 Å². The Labute approximate surface area is 118 Å². The van der Waals surface area contributed by atoms with Crippen LogP contribution in [-0.2, 0) is 14.3 Å². The molecule has 0 aromatic heterocycles. The molecule has 0 fully saturated rings. The van der Waals surface area contributed by atoms with E-state index in [1.165, 1.54) is 7.11 Å². The summed E-state index contributed by atoms with van der Waals surface area (Å²) in [5.74, 6) is -0.596. The molecule has 6 heteroatoms. The third-order valence-corrected chi connectivity index (χ3v) is 2.34. The van der Waals surface area contributed by atoms with Crippen molar-refractivity contribution in [1.82, 2.24) is 5.32 Å². The number of nitrogens with two attached hydrogens (primary N) is 1. The Balaban J connectivity index is 2.91. The molecule has 6 nitrogen and oxygen atoms in total. The summed E-state index contributed by atoms with van der Waals surface area (Å²) in [6.45, 7) is 5.21. The average Bonchev–Trinajstić information content (AvgIpc) is 2.33. The lowest BCUT2D eigenvalue weighted by molar-refractivity contribution is -0.143. The Kier molecular flexibility index (Phi) is 4.96. The van der Waals surface area contributed by atoms with Crippen LogP contribution in [0.4, 0.5) is 10.5 Å². The first kappa shape index (κ1) is 15.8. The van der Waals surface area contributed by atoms with Gasteiger partial charge in [-0.15, -0.1) is 0 Å². The zero-order chi connectivity index (χ0) is 15.3. The number of nitrogen functional groups attached to an aromatic ring is 1. The Hall–Kier alpha value is -2.24. The minimum Gasteiger partial charge on any atom is -0.467 e. The van der Waals surface area contributed by atoms with Gasteiger partial charge < -0.3 is 20.5 Å². The molecule has 0 spiro atoms. The van der Waals surface area contributed by atoms with Gasteiger partial charge in [-0.2, -0.15) is 0 Å². The molecular formula is C14H20N2O4. The monoisotopic (exact) mass is 280 g/mol. The van der Waals surface area contributed by atoms with Crippen LogP contribution in [0.3, 0.4) is 0 Å². The number of methoxy groups -OCH3 is 1. The molecule has 0 aliphatic carbocycles. The standard InChI is InChI=1S/C14H20N2O4/c1-14(2,3)20-13(18)16-11(12(17)19-4)9-6-5-7-10(15)8-9/h5-8,11H,15H2,1-4H3,(H,16,18). The Morgan fingerprint density at radius 2 is 1.95 bits per heavy atom. The normalized spacial score (nSPS) is 12.4. The molecule has 3 N–H and O–H groups in total. The molecule has 0 saturated carbocycles. The van der Waals surface area contributed by atoms with Gasteiger partial charge in [-0.25, -0.2) is 9.59 Å². The van der Waals surface area contributed by atoms with Crippen molar-refractivity contribution in [2.75, 3.05) is 12.8 Å². The number of carbonyl (C=O) groups excluding carboxylic acids is 2. The van der Waals surface area contributed by atoms with Crippen molar-refractivity contribution < 1.29 is 19.1 Å². The van der Waals surface area contributed by atoms with Crippen LogP contribution >= 0.6 is 0 Å². The zero-order valence-corrected chi connectivity index (χ0v) is 12.1. The summed E-state index contributed by atoms with van der Waals surface area (Å²) >= 11 is 0. The summed E-state index contributed by atoms with van der Waals surface area (Å²) in [4.78, 5) is 23.6. The first-order valence-electron chi connectivity index (χ1n) is 6.15. The number of hydrogen-bond donors (Lipinski definition) is 2. The molecule has 0 heterocycles. The highest BCUT2D eigenvalue weighted by Crippen LogP contribution is 2.18. The number of hydrogen-bond acceptors (Lipinski definition) is 5. The number of rotatable bonds is 3. The van der Waals surface area contributed by atoms with E-state index in [9.17, 15) is 9.59 Å². The van der Waals surface area contributed by atoms with E-state index >= 15 is 0 Å². The Bertz CT molecular complexity index is 494. The van der Waals surface area contributed by atoms with Crippen molar-refractivity contribution in [1.29, 1.82) is 0 Å². The van der Waals surface area contributed by atoms with Crippen LogP contribution in [0.1, 0.15) is 32.4 Å². The highest BCUT2D eigenvalue weighted by Gasteiger charge is 2.26. The fraction of sp³-hybridized carbons (Fsp3) is 0.429. The van der Waals surface area contributed by atoms with E-state index < -0.39 is 23.7 Å². The minimum atomic E-state index is -0.960. The highest BCUT2D eigenvalue weighted by atomic mass is 16.6. The molecule has 1 amide bonds. The number of carbonyl (C=O) groups is 2. The van der Waals surface area contributed by atoms with Gasteiger partial charge in [-0.3, -0.25) is 0 Å². The third-order valence-electron chi connectivity index (χ3n) is 2.34. The first-order chi connectivity index (χ1) is 9.23. The first-order valence-corrected chi connectivity index (χ1v) is 6.15. The lowest BCUT2D eigenvalue weighted by Gasteiger charge is -2.22. The van der Waals surface area contributed by atoms with Gasteiger partial charge in [0.15, 0.2) is 6.04 Å². The van der Waals surface area contributed by atoms with Crippen molar-refractivity contribution in [2.24, 2.45) is 0 Å². The summed E-state index contributed by atoms with van der Waals surface area (Å²) in [6.07, 6.45) is -0.699.